The van der Waals surface area contributed by atoms with Crippen molar-refractivity contribution >= 4 is 11.5 Å². The van der Waals surface area contributed by atoms with Gasteiger partial charge in [0.25, 0.3) is 0 Å². The predicted octanol–water partition coefficient (Wildman–Crippen LogP) is 6.96. The molecule has 0 spiro atoms. The average Bonchev–Trinajstić information content (AvgIpc) is 3.08. The minimum atomic E-state index is 0. The molecule has 2 aliphatic carbocycles. The number of carbonyl (C=O) groups is 1. The van der Waals surface area contributed by atoms with Gasteiger partial charge in [0.2, 0.25) is 0 Å². The monoisotopic (exact) mass is 543 g/mol. The molecule has 1 aliphatic heterocycles. The second kappa shape index (κ2) is 12.7. The Bertz CT molecular complexity index is 1150. The number of Topliss-reactive ketones (excluding diaryl/α,β-unsaturated/α-hetero) is 1. The van der Waals surface area contributed by atoms with E-state index in [9.17, 15) is 4.79 Å². The summed E-state index contributed by atoms with van der Waals surface area (Å²) in [5.41, 5.74) is 6.36. The topological polar surface area (TPSA) is 23.6 Å². The van der Waals surface area contributed by atoms with E-state index in [1.807, 2.05) is 0 Å². The summed E-state index contributed by atoms with van der Waals surface area (Å²) in [5.74, 6) is 1.77. The van der Waals surface area contributed by atoms with E-state index in [2.05, 4.69) is 88.7 Å². The Morgan fingerprint density at radius 2 is 1.42 bits per heavy atom. The van der Waals surface area contributed by atoms with E-state index >= 15 is 0 Å². The van der Waals surface area contributed by atoms with Crippen LogP contribution in [0.4, 0.5) is 5.69 Å². The van der Waals surface area contributed by atoms with Crippen LogP contribution in [0.25, 0.3) is 0 Å². The first-order chi connectivity index (χ1) is 18.3. The molecule has 38 heavy (non-hydrogen) atoms. The van der Waals surface area contributed by atoms with Crippen LogP contribution in [0.1, 0.15) is 71.5 Å². The van der Waals surface area contributed by atoms with Gasteiger partial charge in [-0.2, -0.15) is 0 Å². The van der Waals surface area contributed by atoms with Gasteiger partial charge in [0, 0.05) is 67.8 Å². The predicted molar refractivity (Wildman–Crippen MR) is 153 cm³/mol. The maximum absolute atomic E-state index is 13.5. The normalized spacial score (nSPS) is 20.4. The molecule has 1 heterocycles. The van der Waals surface area contributed by atoms with Gasteiger partial charge in [0.05, 0.1) is 0 Å². The number of hydrogen-bond acceptors (Lipinski definition) is 3. The zero-order valence-corrected chi connectivity index (χ0v) is 23.9. The van der Waals surface area contributed by atoms with Crippen molar-refractivity contribution in [1.29, 1.82) is 0 Å². The van der Waals surface area contributed by atoms with Gasteiger partial charge in [-0.15, -0.1) is 0 Å². The Morgan fingerprint density at radius 1 is 0.763 bits per heavy atom. The van der Waals surface area contributed by atoms with E-state index in [-0.39, 0.29) is 24.5 Å². The van der Waals surface area contributed by atoms with Crippen molar-refractivity contribution in [3.63, 3.8) is 0 Å². The zero-order chi connectivity index (χ0) is 25.0. The molecule has 0 bridgehead atoms. The van der Waals surface area contributed by atoms with Gasteiger partial charge in [-0.05, 0) is 79.8 Å². The fourth-order valence-corrected chi connectivity index (χ4v) is 6.78. The molecule has 3 aromatic rings. The molecule has 197 valence electrons. The van der Waals surface area contributed by atoms with Crippen LogP contribution in [0.2, 0.25) is 0 Å². The molecular formula is C34H40N2OV. The van der Waals surface area contributed by atoms with Crippen LogP contribution >= 0.6 is 0 Å². The Morgan fingerprint density at radius 3 is 2.03 bits per heavy atom. The smallest absolute Gasteiger partial charge is 0.166 e. The summed E-state index contributed by atoms with van der Waals surface area (Å²) in [5, 5.41) is 0. The van der Waals surface area contributed by atoms with Crippen LogP contribution in [0.15, 0.2) is 78.9 Å². The summed E-state index contributed by atoms with van der Waals surface area (Å²) < 4.78 is 0. The molecular weight excluding hydrogens is 503 g/mol. The fourth-order valence-electron chi connectivity index (χ4n) is 6.78. The number of rotatable bonds is 7. The third-order valence-corrected chi connectivity index (χ3v) is 9.25. The number of anilines is 1. The summed E-state index contributed by atoms with van der Waals surface area (Å²) in [7, 11) is 0. The molecule has 3 aliphatic rings. The second-order valence-corrected chi connectivity index (χ2v) is 11.4. The van der Waals surface area contributed by atoms with Crippen LogP contribution in [0.5, 0.6) is 0 Å². The third-order valence-electron chi connectivity index (χ3n) is 9.25. The molecule has 1 atom stereocenters. The van der Waals surface area contributed by atoms with Crippen molar-refractivity contribution < 1.29 is 23.4 Å². The number of piperazine rings is 1. The molecule has 3 nitrogen and oxygen atoms in total. The van der Waals surface area contributed by atoms with Gasteiger partial charge in [-0.3, -0.25) is 9.69 Å². The van der Waals surface area contributed by atoms with Crippen LogP contribution in [-0.2, 0) is 25.0 Å². The molecule has 2 fully saturated rings. The Kier molecular flexibility index (Phi) is 9.10. The summed E-state index contributed by atoms with van der Waals surface area (Å²) >= 11 is 0. The van der Waals surface area contributed by atoms with Gasteiger partial charge >= 0.3 is 0 Å². The number of fused-ring (bicyclic) bond motifs is 1. The minimum absolute atomic E-state index is 0. The molecule has 1 unspecified atom stereocenters. The first-order valence-electron chi connectivity index (χ1n) is 14.5. The number of nitrogens with zero attached hydrogens (tertiary/aromatic N) is 2. The Balaban J connectivity index is 0.00000294. The summed E-state index contributed by atoms with van der Waals surface area (Å²) in [6, 6.07) is 28.7. The average molecular weight is 544 g/mol. The van der Waals surface area contributed by atoms with Crippen molar-refractivity contribution in [2.45, 2.75) is 50.9 Å². The van der Waals surface area contributed by atoms with Crippen LogP contribution in [0.3, 0.4) is 0 Å². The number of benzene rings is 3. The number of ketones is 1. The maximum Gasteiger partial charge on any atom is 0.166 e. The number of aryl methyl sites for hydroxylation is 1. The molecule has 1 radical (unpaired) electrons. The third kappa shape index (κ3) is 5.96. The number of hydrogen-bond donors (Lipinski definition) is 0. The van der Waals surface area contributed by atoms with Gasteiger partial charge in [-0.1, -0.05) is 73.2 Å². The molecule has 0 aromatic heterocycles. The van der Waals surface area contributed by atoms with E-state index in [4.69, 9.17) is 0 Å². The van der Waals surface area contributed by atoms with Crippen LogP contribution in [0, 0.1) is 11.8 Å². The molecule has 6 rings (SSSR count). The summed E-state index contributed by atoms with van der Waals surface area (Å²) in [6.45, 7) is 5.31. The Labute approximate surface area is 240 Å². The summed E-state index contributed by atoms with van der Waals surface area (Å²) in [4.78, 5) is 18.6. The molecule has 3 aromatic carbocycles. The molecule has 4 heteroatoms. The fraction of sp³-hybridized carbons (Fsp3) is 0.441. The number of carbonyl (C=O) groups excluding carboxylic acids is 1. The molecule has 0 amide bonds. The molecule has 1 saturated heterocycles. The van der Waals surface area contributed by atoms with Gasteiger partial charge < -0.3 is 4.90 Å². The van der Waals surface area contributed by atoms with Crippen molar-refractivity contribution in [1.82, 2.24) is 4.90 Å². The maximum atomic E-state index is 13.5. The van der Waals surface area contributed by atoms with E-state index < -0.39 is 0 Å². The van der Waals surface area contributed by atoms with Gasteiger partial charge in [0.1, 0.15) is 0 Å². The minimum Gasteiger partial charge on any atom is -0.369 e. The standard InChI is InChI=1S/C34H40N2O.V/c37-34-32(28-13-7-14-28)16-8-15-29-17-18-30(25-33(29)34)36-23-21-35(22-24-36)20-19-31(26-9-3-1-4-10-26)27-11-5-2-6-12-27;/h1-6,9-12,17-18,25,28,31-32H,7-8,13-16,19-24H2;. The van der Waals surface area contributed by atoms with Crippen molar-refractivity contribution in [2.24, 2.45) is 11.8 Å². The largest absolute Gasteiger partial charge is 0.369 e. The Hall–Kier alpha value is -2.33. The summed E-state index contributed by atoms with van der Waals surface area (Å²) in [6.07, 6.45) is 8.24. The molecule has 1 saturated carbocycles. The first-order valence-corrected chi connectivity index (χ1v) is 14.5. The van der Waals surface area contributed by atoms with E-state index in [0.717, 1.165) is 64.0 Å². The SMILES string of the molecule is O=C1c2cc(N3CCN(CCC(c4ccccc4)c4ccccc4)CC3)ccc2CCCC1C1CCC1.[V]. The second-order valence-electron chi connectivity index (χ2n) is 11.4. The molecule has 0 N–H and O–H groups in total. The van der Waals surface area contributed by atoms with E-state index in [1.165, 1.54) is 41.6 Å². The van der Waals surface area contributed by atoms with Gasteiger partial charge in [0.15, 0.2) is 5.78 Å². The van der Waals surface area contributed by atoms with Crippen molar-refractivity contribution in [3.05, 3.63) is 101 Å². The van der Waals surface area contributed by atoms with E-state index in [0.29, 0.717) is 17.6 Å². The first kappa shape index (κ1) is 27.2. The van der Waals surface area contributed by atoms with Crippen molar-refractivity contribution in [2.75, 3.05) is 37.6 Å². The van der Waals surface area contributed by atoms with Crippen LogP contribution < -0.4 is 4.90 Å². The van der Waals surface area contributed by atoms with Crippen molar-refractivity contribution in [3.8, 4) is 0 Å². The van der Waals surface area contributed by atoms with E-state index in [1.54, 1.807) is 0 Å². The van der Waals surface area contributed by atoms with Crippen LogP contribution in [-0.4, -0.2) is 43.4 Å². The van der Waals surface area contributed by atoms with Gasteiger partial charge in [-0.25, -0.2) is 0 Å². The zero-order valence-electron chi connectivity index (χ0n) is 22.5. The quantitative estimate of drug-likeness (QED) is 0.301.